The van der Waals surface area contributed by atoms with Crippen LogP contribution in [0.5, 0.6) is 5.75 Å². The number of carbonyl (C=O) groups is 1. The van der Waals surface area contributed by atoms with E-state index >= 15 is 0 Å². The van der Waals surface area contributed by atoms with Gasteiger partial charge in [-0.15, -0.1) is 0 Å². The fraction of sp³-hybridized carbons (Fsp3) is 0.480. The molecule has 0 unspecified atom stereocenters. The Morgan fingerprint density at radius 1 is 1.15 bits per heavy atom. The van der Waals surface area contributed by atoms with Gasteiger partial charge >= 0.3 is 0 Å². The maximum absolute atomic E-state index is 13.6. The molecule has 1 amide bonds. The molecule has 8 nitrogen and oxygen atoms in total. The lowest BCUT2D eigenvalue weighted by Crippen LogP contribution is -2.50. The highest BCUT2D eigenvalue weighted by Gasteiger charge is 2.38. The van der Waals surface area contributed by atoms with E-state index in [9.17, 15) is 18.3 Å². The molecule has 9 heteroatoms. The van der Waals surface area contributed by atoms with Crippen LogP contribution in [0.25, 0.3) is 11.1 Å². The number of hydrogen-bond donors (Lipinski definition) is 1. The standard InChI is InChI=1S/C25H35N3O5S/c1-18-14-28(19(2)17-29)34(31,32)24-12-11-21(20-9-7-6-8-10-20)13-22(24)33-23(18)15-27(5)25(30)16-26(3)4/h6-13,18-19,23,29H,14-17H2,1-5H3/t18-,19+,23-/m1/s1. The molecule has 0 fully saturated rings. The molecule has 0 spiro atoms. The van der Waals surface area contributed by atoms with E-state index in [1.165, 1.54) is 4.31 Å². The highest BCUT2D eigenvalue weighted by atomic mass is 32.2. The third kappa shape index (κ3) is 5.78. The number of aliphatic hydroxyl groups is 1. The first-order valence-electron chi connectivity index (χ1n) is 11.4. The lowest BCUT2D eigenvalue weighted by atomic mass is 10.0. The van der Waals surface area contributed by atoms with E-state index < -0.39 is 22.2 Å². The van der Waals surface area contributed by atoms with Crippen molar-refractivity contribution in [3.05, 3.63) is 48.5 Å². The van der Waals surface area contributed by atoms with Gasteiger partial charge in [0.05, 0.1) is 19.7 Å². The van der Waals surface area contributed by atoms with E-state index in [0.29, 0.717) is 6.54 Å². The molecular weight excluding hydrogens is 454 g/mol. The second-order valence-corrected chi connectivity index (χ2v) is 11.1. The molecule has 1 aliphatic rings. The quantitative estimate of drug-likeness (QED) is 0.641. The molecule has 0 aliphatic carbocycles. The summed E-state index contributed by atoms with van der Waals surface area (Å²) in [7, 11) is 1.49. The largest absolute Gasteiger partial charge is 0.487 e. The Morgan fingerprint density at radius 2 is 1.82 bits per heavy atom. The molecule has 2 aromatic carbocycles. The van der Waals surface area contributed by atoms with Gasteiger partial charge in [-0.3, -0.25) is 4.79 Å². The molecule has 0 bridgehead atoms. The molecule has 0 saturated heterocycles. The van der Waals surface area contributed by atoms with Crippen LogP contribution in [0.15, 0.2) is 53.4 Å². The Labute approximate surface area is 202 Å². The van der Waals surface area contributed by atoms with Gasteiger partial charge in [-0.05, 0) is 44.3 Å². The number of ether oxygens (including phenoxy) is 1. The van der Waals surface area contributed by atoms with Crippen molar-refractivity contribution in [2.75, 3.05) is 47.4 Å². The van der Waals surface area contributed by atoms with Crippen molar-refractivity contribution in [3.8, 4) is 16.9 Å². The molecule has 186 valence electrons. The zero-order valence-electron chi connectivity index (χ0n) is 20.5. The number of aliphatic hydroxyl groups excluding tert-OH is 1. The number of likely N-dealkylation sites (N-methyl/N-ethyl adjacent to an activating group) is 2. The molecule has 3 rings (SSSR count). The third-order valence-corrected chi connectivity index (χ3v) is 8.12. The Kier molecular flexibility index (Phi) is 8.35. The Bertz CT molecular complexity index is 1090. The molecular formula is C25H35N3O5S. The van der Waals surface area contributed by atoms with Crippen molar-refractivity contribution in [3.63, 3.8) is 0 Å². The number of nitrogens with zero attached hydrogens (tertiary/aromatic N) is 3. The zero-order valence-corrected chi connectivity index (χ0v) is 21.3. The van der Waals surface area contributed by atoms with Gasteiger partial charge < -0.3 is 19.6 Å². The minimum absolute atomic E-state index is 0.0469. The van der Waals surface area contributed by atoms with Crippen LogP contribution in [-0.2, 0) is 14.8 Å². The summed E-state index contributed by atoms with van der Waals surface area (Å²) in [6.07, 6.45) is -0.440. The fourth-order valence-corrected chi connectivity index (χ4v) is 5.84. The number of carbonyl (C=O) groups excluding carboxylic acids is 1. The van der Waals surface area contributed by atoms with Crippen molar-refractivity contribution < 1.29 is 23.1 Å². The van der Waals surface area contributed by atoms with Gasteiger partial charge in [-0.2, -0.15) is 4.31 Å². The Hall–Kier alpha value is -2.46. The van der Waals surface area contributed by atoms with Crippen molar-refractivity contribution in [2.45, 2.75) is 30.9 Å². The van der Waals surface area contributed by atoms with Gasteiger partial charge in [0, 0.05) is 25.6 Å². The summed E-state index contributed by atoms with van der Waals surface area (Å²) in [5.41, 5.74) is 1.78. The number of amides is 1. The SMILES string of the molecule is C[C@@H]1CN([C@@H](C)CO)S(=O)(=O)c2ccc(-c3ccccc3)cc2O[C@@H]1CN(C)C(=O)CN(C)C. The molecule has 0 aromatic heterocycles. The van der Waals surface area contributed by atoms with Gasteiger partial charge in [0.15, 0.2) is 0 Å². The first kappa shape index (κ1) is 26.2. The summed E-state index contributed by atoms with van der Waals surface area (Å²) in [6.45, 7) is 4.05. The molecule has 3 atom stereocenters. The van der Waals surface area contributed by atoms with E-state index in [4.69, 9.17) is 4.74 Å². The van der Waals surface area contributed by atoms with Crippen molar-refractivity contribution in [2.24, 2.45) is 5.92 Å². The summed E-state index contributed by atoms with van der Waals surface area (Å²) in [4.78, 5) is 16.1. The van der Waals surface area contributed by atoms with Crippen molar-refractivity contribution in [1.82, 2.24) is 14.1 Å². The maximum atomic E-state index is 13.6. The van der Waals surface area contributed by atoms with Gasteiger partial charge in [0.25, 0.3) is 0 Å². The van der Waals surface area contributed by atoms with Gasteiger partial charge in [-0.1, -0.05) is 43.3 Å². The summed E-state index contributed by atoms with van der Waals surface area (Å²) < 4.78 is 34.9. The molecule has 2 aromatic rings. The van der Waals surface area contributed by atoms with Crippen molar-refractivity contribution in [1.29, 1.82) is 0 Å². The van der Waals surface area contributed by atoms with Gasteiger partial charge in [0.1, 0.15) is 16.7 Å². The number of hydrogen-bond acceptors (Lipinski definition) is 6. The van der Waals surface area contributed by atoms with Crippen LogP contribution in [0.4, 0.5) is 0 Å². The zero-order chi connectivity index (χ0) is 25.0. The lowest BCUT2D eigenvalue weighted by Gasteiger charge is -2.37. The highest BCUT2D eigenvalue weighted by Crippen LogP contribution is 2.36. The van der Waals surface area contributed by atoms with Crippen LogP contribution in [0.3, 0.4) is 0 Å². The summed E-state index contributed by atoms with van der Waals surface area (Å²) >= 11 is 0. The van der Waals surface area contributed by atoms with Gasteiger partial charge in [-0.25, -0.2) is 8.42 Å². The van der Waals surface area contributed by atoms with E-state index in [0.717, 1.165) is 11.1 Å². The predicted molar refractivity (Wildman–Crippen MR) is 132 cm³/mol. The Morgan fingerprint density at radius 3 is 2.44 bits per heavy atom. The van der Waals surface area contributed by atoms with Crippen LogP contribution in [0.1, 0.15) is 13.8 Å². The number of rotatable bonds is 7. The predicted octanol–water partition coefficient (Wildman–Crippen LogP) is 2.14. The van der Waals surface area contributed by atoms with Crippen LogP contribution >= 0.6 is 0 Å². The number of benzene rings is 2. The monoisotopic (exact) mass is 489 g/mol. The van der Waals surface area contributed by atoms with Crippen LogP contribution in [0, 0.1) is 5.92 Å². The minimum atomic E-state index is -3.91. The molecule has 1 N–H and O–H groups in total. The summed E-state index contributed by atoms with van der Waals surface area (Å²) in [5.74, 6) is -0.0252. The first-order valence-corrected chi connectivity index (χ1v) is 12.9. The Balaban J connectivity index is 2.06. The van der Waals surface area contributed by atoms with Crippen LogP contribution < -0.4 is 4.74 Å². The molecule has 1 heterocycles. The van der Waals surface area contributed by atoms with Crippen LogP contribution in [0.2, 0.25) is 0 Å². The summed E-state index contributed by atoms with van der Waals surface area (Å²) in [5, 5.41) is 9.78. The van der Waals surface area contributed by atoms with E-state index in [-0.39, 0.29) is 42.2 Å². The second-order valence-electron chi connectivity index (χ2n) is 9.28. The first-order chi connectivity index (χ1) is 16.0. The maximum Gasteiger partial charge on any atom is 0.247 e. The second kappa shape index (κ2) is 10.9. The normalized spacial score (nSPS) is 21.1. The molecule has 0 saturated carbocycles. The van der Waals surface area contributed by atoms with Crippen molar-refractivity contribution >= 4 is 15.9 Å². The average Bonchev–Trinajstić information content (AvgIpc) is 2.80. The highest BCUT2D eigenvalue weighted by molar-refractivity contribution is 7.89. The number of fused-ring (bicyclic) bond motifs is 1. The fourth-order valence-electron chi connectivity index (χ4n) is 4.02. The van der Waals surface area contributed by atoms with E-state index in [1.54, 1.807) is 42.0 Å². The van der Waals surface area contributed by atoms with Gasteiger partial charge in [0.2, 0.25) is 15.9 Å². The number of sulfonamides is 1. The minimum Gasteiger partial charge on any atom is -0.487 e. The van der Waals surface area contributed by atoms with Crippen LogP contribution in [-0.4, -0.2) is 93.1 Å². The third-order valence-electron chi connectivity index (χ3n) is 6.11. The van der Waals surface area contributed by atoms with E-state index in [1.807, 2.05) is 51.4 Å². The van der Waals surface area contributed by atoms with E-state index in [2.05, 4.69) is 0 Å². The lowest BCUT2D eigenvalue weighted by molar-refractivity contribution is -0.132. The smallest absolute Gasteiger partial charge is 0.247 e. The topological polar surface area (TPSA) is 90.4 Å². The molecule has 0 radical (unpaired) electrons. The summed E-state index contributed by atoms with van der Waals surface area (Å²) in [6, 6.07) is 14.2. The average molecular weight is 490 g/mol. The molecule has 1 aliphatic heterocycles. The molecule has 34 heavy (non-hydrogen) atoms.